The summed E-state index contributed by atoms with van der Waals surface area (Å²) >= 11 is 0. The number of hydrogen-bond donors (Lipinski definition) is 1. The summed E-state index contributed by atoms with van der Waals surface area (Å²) in [5, 5.41) is 3.86. The van der Waals surface area contributed by atoms with Crippen molar-refractivity contribution in [1.82, 2.24) is 10.2 Å². The molecule has 0 radical (unpaired) electrons. The van der Waals surface area contributed by atoms with E-state index in [1.807, 2.05) is 0 Å². The van der Waals surface area contributed by atoms with Gasteiger partial charge in [0, 0.05) is 12.1 Å². The van der Waals surface area contributed by atoms with E-state index in [0.29, 0.717) is 12.1 Å². The van der Waals surface area contributed by atoms with Gasteiger partial charge in [0.15, 0.2) is 0 Å². The van der Waals surface area contributed by atoms with Gasteiger partial charge in [0.2, 0.25) is 0 Å². The number of likely N-dealkylation sites (tertiary alicyclic amines) is 1. The fourth-order valence-corrected chi connectivity index (χ4v) is 3.53. The van der Waals surface area contributed by atoms with Crippen molar-refractivity contribution in [3.05, 3.63) is 34.4 Å². The van der Waals surface area contributed by atoms with Crippen molar-refractivity contribution in [2.75, 3.05) is 19.6 Å². The van der Waals surface area contributed by atoms with Gasteiger partial charge in [-0.1, -0.05) is 19.1 Å². The number of rotatable bonds is 5. The average Bonchev–Trinajstić information content (AvgIpc) is 2.45. The summed E-state index contributed by atoms with van der Waals surface area (Å²) < 4.78 is 0. The molecular formula is C19H32N2. The van der Waals surface area contributed by atoms with Gasteiger partial charge < -0.3 is 10.2 Å². The highest BCUT2D eigenvalue weighted by Crippen LogP contribution is 2.23. The van der Waals surface area contributed by atoms with E-state index in [-0.39, 0.29) is 0 Å². The third kappa shape index (κ3) is 4.31. The topological polar surface area (TPSA) is 15.3 Å². The molecule has 1 N–H and O–H groups in total. The van der Waals surface area contributed by atoms with Crippen molar-refractivity contribution in [3.8, 4) is 0 Å². The van der Waals surface area contributed by atoms with Gasteiger partial charge >= 0.3 is 0 Å². The van der Waals surface area contributed by atoms with Crippen molar-refractivity contribution >= 4 is 0 Å². The van der Waals surface area contributed by atoms with Gasteiger partial charge in [-0.05, 0) is 88.8 Å². The van der Waals surface area contributed by atoms with Gasteiger partial charge in [-0.25, -0.2) is 0 Å². The highest BCUT2D eigenvalue weighted by molar-refractivity contribution is 5.38. The van der Waals surface area contributed by atoms with Crippen LogP contribution in [0.3, 0.4) is 0 Å². The van der Waals surface area contributed by atoms with Crippen molar-refractivity contribution in [1.29, 1.82) is 0 Å². The Morgan fingerprint density at radius 1 is 1.10 bits per heavy atom. The number of nitrogens with one attached hydrogen (secondary N) is 1. The standard InChI is InChI=1S/C19H32N2/c1-6-9-21-10-7-18(8-11-21)20-17(5)19-13-15(3)14(2)12-16(19)4/h12-13,17-18,20H,6-11H2,1-5H3. The molecule has 2 nitrogen and oxygen atoms in total. The van der Waals surface area contributed by atoms with E-state index in [1.165, 1.54) is 61.2 Å². The molecule has 1 aromatic rings. The van der Waals surface area contributed by atoms with E-state index in [4.69, 9.17) is 0 Å². The van der Waals surface area contributed by atoms with Gasteiger partial charge in [-0.15, -0.1) is 0 Å². The third-order valence-electron chi connectivity index (χ3n) is 4.96. The Kier molecular flexibility index (Phi) is 5.83. The van der Waals surface area contributed by atoms with Gasteiger partial charge in [0.05, 0.1) is 0 Å². The third-order valence-corrected chi connectivity index (χ3v) is 4.96. The minimum absolute atomic E-state index is 0.451. The summed E-state index contributed by atoms with van der Waals surface area (Å²) in [5.41, 5.74) is 5.69. The van der Waals surface area contributed by atoms with Crippen molar-refractivity contribution < 1.29 is 0 Å². The van der Waals surface area contributed by atoms with E-state index in [9.17, 15) is 0 Å². The minimum atomic E-state index is 0.451. The van der Waals surface area contributed by atoms with E-state index >= 15 is 0 Å². The summed E-state index contributed by atoms with van der Waals surface area (Å²) in [7, 11) is 0. The molecule has 2 heteroatoms. The molecule has 0 aromatic heterocycles. The SMILES string of the molecule is CCCN1CCC(NC(C)c2cc(C)c(C)cc2C)CC1. The van der Waals surface area contributed by atoms with Crippen LogP contribution in [0.1, 0.15) is 61.4 Å². The Balaban J connectivity index is 1.93. The Morgan fingerprint density at radius 3 is 2.33 bits per heavy atom. The summed E-state index contributed by atoms with van der Waals surface area (Å²) in [5.74, 6) is 0. The molecule has 0 saturated carbocycles. The first-order valence-electron chi connectivity index (χ1n) is 8.57. The zero-order valence-electron chi connectivity index (χ0n) is 14.5. The first-order valence-corrected chi connectivity index (χ1v) is 8.57. The molecule has 2 rings (SSSR count). The fraction of sp³-hybridized carbons (Fsp3) is 0.684. The van der Waals surface area contributed by atoms with Crippen LogP contribution in [0.25, 0.3) is 0 Å². The summed E-state index contributed by atoms with van der Waals surface area (Å²) in [6.07, 6.45) is 3.85. The molecule has 0 amide bonds. The summed E-state index contributed by atoms with van der Waals surface area (Å²) in [6.45, 7) is 15.0. The average molecular weight is 288 g/mol. The Hall–Kier alpha value is -0.860. The van der Waals surface area contributed by atoms with Crippen LogP contribution in [0.4, 0.5) is 0 Å². The second-order valence-electron chi connectivity index (χ2n) is 6.80. The lowest BCUT2D eigenvalue weighted by Gasteiger charge is -2.34. The molecule has 0 aliphatic carbocycles. The Labute approximate surface area is 130 Å². The Morgan fingerprint density at radius 2 is 1.71 bits per heavy atom. The monoisotopic (exact) mass is 288 g/mol. The van der Waals surface area contributed by atoms with E-state index in [1.54, 1.807) is 0 Å². The molecule has 1 aliphatic heterocycles. The minimum Gasteiger partial charge on any atom is -0.307 e. The summed E-state index contributed by atoms with van der Waals surface area (Å²) in [4.78, 5) is 2.60. The van der Waals surface area contributed by atoms with Gasteiger partial charge in [0.1, 0.15) is 0 Å². The van der Waals surface area contributed by atoms with Crippen LogP contribution in [-0.4, -0.2) is 30.6 Å². The number of benzene rings is 1. The van der Waals surface area contributed by atoms with E-state index in [0.717, 1.165) is 0 Å². The lowest BCUT2D eigenvalue weighted by atomic mass is 9.95. The van der Waals surface area contributed by atoms with Crippen molar-refractivity contribution in [2.24, 2.45) is 0 Å². The number of hydrogen-bond acceptors (Lipinski definition) is 2. The van der Waals surface area contributed by atoms with Gasteiger partial charge in [-0.2, -0.15) is 0 Å². The molecule has 0 spiro atoms. The maximum Gasteiger partial charge on any atom is 0.0297 e. The van der Waals surface area contributed by atoms with Crippen LogP contribution < -0.4 is 5.32 Å². The van der Waals surface area contributed by atoms with Crippen LogP contribution >= 0.6 is 0 Å². The molecule has 21 heavy (non-hydrogen) atoms. The molecule has 1 fully saturated rings. The van der Waals surface area contributed by atoms with Gasteiger partial charge in [0.25, 0.3) is 0 Å². The predicted octanol–water partition coefficient (Wildman–Crippen LogP) is 4.14. The van der Waals surface area contributed by atoms with Crippen molar-refractivity contribution in [3.63, 3.8) is 0 Å². The van der Waals surface area contributed by atoms with E-state index < -0.39 is 0 Å². The smallest absolute Gasteiger partial charge is 0.0297 e. The number of aryl methyl sites for hydroxylation is 3. The highest BCUT2D eigenvalue weighted by Gasteiger charge is 2.21. The van der Waals surface area contributed by atoms with Crippen LogP contribution in [0.2, 0.25) is 0 Å². The molecule has 1 aliphatic rings. The zero-order valence-corrected chi connectivity index (χ0v) is 14.5. The molecule has 1 heterocycles. The largest absolute Gasteiger partial charge is 0.307 e. The zero-order chi connectivity index (χ0) is 15.4. The Bertz CT molecular complexity index is 459. The van der Waals surface area contributed by atoms with Crippen molar-refractivity contribution in [2.45, 2.75) is 66.0 Å². The first kappa shape index (κ1) is 16.5. The summed E-state index contributed by atoms with van der Waals surface area (Å²) in [6, 6.07) is 5.82. The normalized spacial score (nSPS) is 18.9. The van der Waals surface area contributed by atoms with Crippen LogP contribution in [0, 0.1) is 20.8 Å². The predicted molar refractivity (Wildman–Crippen MR) is 92.0 cm³/mol. The van der Waals surface area contributed by atoms with Crippen LogP contribution in [0.5, 0.6) is 0 Å². The molecule has 118 valence electrons. The fourth-order valence-electron chi connectivity index (χ4n) is 3.53. The maximum atomic E-state index is 3.86. The lowest BCUT2D eigenvalue weighted by Crippen LogP contribution is -2.43. The molecule has 1 unspecified atom stereocenters. The molecule has 1 atom stereocenters. The van der Waals surface area contributed by atoms with Gasteiger partial charge in [-0.3, -0.25) is 0 Å². The molecular weight excluding hydrogens is 256 g/mol. The second-order valence-corrected chi connectivity index (χ2v) is 6.80. The molecule has 0 bridgehead atoms. The van der Waals surface area contributed by atoms with Crippen LogP contribution in [-0.2, 0) is 0 Å². The number of piperidine rings is 1. The first-order chi connectivity index (χ1) is 10.0. The van der Waals surface area contributed by atoms with E-state index in [2.05, 4.69) is 57.0 Å². The lowest BCUT2D eigenvalue weighted by molar-refractivity contribution is 0.192. The quantitative estimate of drug-likeness (QED) is 0.876. The highest BCUT2D eigenvalue weighted by atomic mass is 15.1. The maximum absolute atomic E-state index is 3.86. The number of nitrogens with zero attached hydrogens (tertiary/aromatic N) is 1. The van der Waals surface area contributed by atoms with Crippen LogP contribution in [0.15, 0.2) is 12.1 Å². The second kappa shape index (κ2) is 7.42. The molecule has 1 aromatic carbocycles. The molecule has 1 saturated heterocycles.